The van der Waals surface area contributed by atoms with E-state index in [1.54, 1.807) is 6.07 Å². The van der Waals surface area contributed by atoms with Crippen LogP contribution >= 0.6 is 0 Å². The molecule has 1 aliphatic carbocycles. The van der Waals surface area contributed by atoms with Crippen LogP contribution in [0.2, 0.25) is 0 Å². The van der Waals surface area contributed by atoms with Gasteiger partial charge in [0.15, 0.2) is 6.61 Å². The summed E-state index contributed by atoms with van der Waals surface area (Å²) < 4.78 is 4.95. The van der Waals surface area contributed by atoms with E-state index in [9.17, 15) is 9.59 Å². The topological polar surface area (TPSA) is 67.4 Å². The maximum Gasteiger partial charge on any atom is 0.407 e. The Morgan fingerprint density at radius 1 is 1.24 bits per heavy atom. The van der Waals surface area contributed by atoms with Crippen LogP contribution in [0.15, 0.2) is 24.3 Å². The number of alkyl carbamates (subject to hydrolysis) is 1. The van der Waals surface area contributed by atoms with Gasteiger partial charge in [-0.05, 0) is 37.5 Å². The summed E-state index contributed by atoms with van der Waals surface area (Å²) >= 11 is 0. The fraction of sp³-hybridized carbons (Fsp3) is 0.500. The van der Waals surface area contributed by atoms with Gasteiger partial charge in [0.2, 0.25) is 0 Å². The van der Waals surface area contributed by atoms with E-state index in [0.29, 0.717) is 5.69 Å². The van der Waals surface area contributed by atoms with Gasteiger partial charge in [-0.3, -0.25) is 4.79 Å². The van der Waals surface area contributed by atoms with Gasteiger partial charge in [-0.25, -0.2) is 4.79 Å². The molecule has 0 bridgehead atoms. The van der Waals surface area contributed by atoms with Crippen molar-refractivity contribution in [2.45, 2.75) is 45.1 Å². The number of nitrogens with one attached hydrogen (secondary N) is 2. The Morgan fingerprint density at radius 3 is 2.71 bits per heavy atom. The fourth-order valence-corrected chi connectivity index (χ4v) is 2.51. The molecule has 0 aromatic heterocycles. The first-order valence-corrected chi connectivity index (χ1v) is 7.43. The predicted molar refractivity (Wildman–Crippen MR) is 81.2 cm³/mol. The molecule has 0 unspecified atom stereocenters. The molecule has 0 radical (unpaired) electrons. The third-order valence-corrected chi connectivity index (χ3v) is 3.56. The smallest absolute Gasteiger partial charge is 0.407 e. The molecule has 0 spiro atoms. The van der Waals surface area contributed by atoms with Crippen molar-refractivity contribution < 1.29 is 14.3 Å². The number of anilines is 1. The predicted octanol–water partition coefficient (Wildman–Crippen LogP) is 2.99. The van der Waals surface area contributed by atoms with E-state index in [0.717, 1.165) is 31.2 Å². The number of carbonyl (C=O) groups is 2. The maximum atomic E-state index is 11.7. The zero-order chi connectivity index (χ0) is 15.1. The summed E-state index contributed by atoms with van der Waals surface area (Å²) in [6.07, 6.45) is 4.97. The summed E-state index contributed by atoms with van der Waals surface area (Å²) in [4.78, 5) is 23.3. The Hall–Kier alpha value is -2.04. The number of carbonyl (C=O) groups excluding carboxylic acids is 2. The van der Waals surface area contributed by atoms with Gasteiger partial charge in [0.05, 0.1) is 0 Å². The highest BCUT2D eigenvalue weighted by Gasteiger charge is 2.16. The van der Waals surface area contributed by atoms with E-state index in [1.807, 2.05) is 25.1 Å². The Kier molecular flexibility index (Phi) is 5.60. The number of rotatable bonds is 4. The number of amides is 2. The minimum Gasteiger partial charge on any atom is -0.439 e. The molecule has 0 aliphatic heterocycles. The lowest BCUT2D eigenvalue weighted by molar-refractivity contribution is -0.119. The molecule has 2 amide bonds. The summed E-state index contributed by atoms with van der Waals surface area (Å²) in [5, 5.41) is 5.50. The maximum absolute atomic E-state index is 11.7. The highest BCUT2D eigenvalue weighted by molar-refractivity contribution is 5.92. The van der Waals surface area contributed by atoms with Gasteiger partial charge in [0.1, 0.15) is 0 Å². The Bertz CT molecular complexity index is 496. The lowest BCUT2D eigenvalue weighted by Gasteiger charge is -2.22. The van der Waals surface area contributed by atoms with E-state index in [-0.39, 0.29) is 18.6 Å². The zero-order valence-electron chi connectivity index (χ0n) is 12.4. The molecule has 0 atom stereocenters. The summed E-state index contributed by atoms with van der Waals surface area (Å²) in [6, 6.07) is 7.66. The molecule has 5 heteroatoms. The Morgan fingerprint density at radius 2 is 2.00 bits per heavy atom. The van der Waals surface area contributed by atoms with Gasteiger partial charge >= 0.3 is 6.09 Å². The largest absolute Gasteiger partial charge is 0.439 e. The molecule has 21 heavy (non-hydrogen) atoms. The first-order valence-electron chi connectivity index (χ1n) is 7.43. The minimum atomic E-state index is -0.513. The summed E-state index contributed by atoms with van der Waals surface area (Å²) in [7, 11) is 0. The van der Waals surface area contributed by atoms with Gasteiger partial charge in [0, 0.05) is 11.7 Å². The third-order valence-electron chi connectivity index (χ3n) is 3.56. The van der Waals surface area contributed by atoms with Crippen LogP contribution in [0.3, 0.4) is 0 Å². The highest BCUT2D eigenvalue weighted by Crippen LogP contribution is 2.17. The molecular weight excluding hydrogens is 268 g/mol. The first-order chi connectivity index (χ1) is 10.1. The number of hydrogen-bond donors (Lipinski definition) is 2. The van der Waals surface area contributed by atoms with Crippen LogP contribution in [0.5, 0.6) is 0 Å². The third kappa shape index (κ3) is 5.45. The van der Waals surface area contributed by atoms with Crippen molar-refractivity contribution in [3.63, 3.8) is 0 Å². The van der Waals surface area contributed by atoms with Crippen LogP contribution in [-0.2, 0) is 9.53 Å². The van der Waals surface area contributed by atoms with E-state index >= 15 is 0 Å². The molecule has 1 aromatic carbocycles. The van der Waals surface area contributed by atoms with Gasteiger partial charge in [-0.1, -0.05) is 31.4 Å². The van der Waals surface area contributed by atoms with E-state index in [4.69, 9.17) is 4.74 Å². The number of aryl methyl sites for hydroxylation is 1. The molecule has 1 aliphatic rings. The molecule has 2 rings (SSSR count). The van der Waals surface area contributed by atoms with Crippen molar-refractivity contribution in [3.05, 3.63) is 29.8 Å². The quantitative estimate of drug-likeness (QED) is 0.895. The standard InChI is InChI=1S/C16H22N2O3/c1-12-6-5-9-14(10-12)17-15(19)11-21-16(20)18-13-7-3-2-4-8-13/h5-6,9-10,13H,2-4,7-8,11H2,1H3,(H,17,19)(H,18,20). The second kappa shape index (κ2) is 7.67. The van der Waals surface area contributed by atoms with E-state index in [2.05, 4.69) is 10.6 Å². The van der Waals surface area contributed by atoms with Crippen molar-refractivity contribution in [2.75, 3.05) is 11.9 Å². The van der Waals surface area contributed by atoms with Crippen LogP contribution in [0, 0.1) is 6.92 Å². The van der Waals surface area contributed by atoms with Crippen molar-refractivity contribution in [2.24, 2.45) is 0 Å². The molecular formula is C16H22N2O3. The number of ether oxygens (including phenoxy) is 1. The SMILES string of the molecule is Cc1cccc(NC(=O)COC(=O)NC2CCCCC2)c1. The number of benzene rings is 1. The molecule has 2 N–H and O–H groups in total. The molecule has 114 valence electrons. The van der Waals surface area contributed by atoms with Crippen LogP contribution in [0.25, 0.3) is 0 Å². The highest BCUT2D eigenvalue weighted by atomic mass is 16.6. The van der Waals surface area contributed by atoms with Gasteiger partial charge in [0.25, 0.3) is 5.91 Å². The van der Waals surface area contributed by atoms with Crippen molar-refractivity contribution in [1.29, 1.82) is 0 Å². The van der Waals surface area contributed by atoms with E-state index in [1.165, 1.54) is 6.42 Å². The molecule has 5 nitrogen and oxygen atoms in total. The molecule has 0 saturated heterocycles. The summed E-state index contributed by atoms with van der Waals surface area (Å²) in [5.41, 5.74) is 1.76. The average Bonchev–Trinajstić information content (AvgIpc) is 2.46. The molecule has 1 saturated carbocycles. The first kappa shape index (κ1) is 15.4. The lowest BCUT2D eigenvalue weighted by Crippen LogP contribution is -2.37. The second-order valence-corrected chi connectivity index (χ2v) is 5.47. The van der Waals surface area contributed by atoms with Gasteiger partial charge in [-0.2, -0.15) is 0 Å². The second-order valence-electron chi connectivity index (χ2n) is 5.47. The normalized spacial score (nSPS) is 15.3. The molecule has 0 heterocycles. The van der Waals surface area contributed by atoms with Gasteiger partial charge < -0.3 is 15.4 Å². The minimum absolute atomic E-state index is 0.186. The lowest BCUT2D eigenvalue weighted by atomic mass is 9.96. The zero-order valence-corrected chi connectivity index (χ0v) is 12.4. The summed E-state index contributed by atoms with van der Waals surface area (Å²) in [6.45, 7) is 1.68. The Labute approximate surface area is 125 Å². The monoisotopic (exact) mass is 290 g/mol. The van der Waals surface area contributed by atoms with Crippen LogP contribution in [0.4, 0.5) is 10.5 Å². The van der Waals surface area contributed by atoms with Gasteiger partial charge in [-0.15, -0.1) is 0 Å². The van der Waals surface area contributed by atoms with Crippen molar-refractivity contribution >= 4 is 17.7 Å². The van der Waals surface area contributed by atoms with E-state index < -0.39 is 6.09 Å². The Balaban J connectivity index is 1.69. The fourth-order valence-electron chi connectivity index (χ4n) is 2.51. The van der Waals surface area contributed by atoms with Crippen molar-refractivity contribution in [1.82, 2.24) is 5.32 Å². The molecule has 1 fully saturated rings. The van der Waals surface area contributed by atoms with Crippen LogP contribution in [0.1, 0.15) is 37.7 Å². The molecule has 1 aromatic rings. The van der Waals surface area contributed by atoms with Crippen LogP contribution in [-0.4, -0.2) is 24.6 Å². The number of hydrogen-bond acceptors (Lipinski definition) is 3. The van der Waals surface area contributed by atoms with Crippen LogP contribution < -0.4 is 10.6 Å². The summed E-state index contributed by atoms with van der Waals surface area (Å²) in [5.74, 6) is -0.334. The van der Waals surface area contributed by atoms with Crippen molar-refractivity contribution in [3.8, 4) is 0 Å². The average molecular weight is 290 g/mol.